The van der Waals surface area contributed by atoms with Crippen LogP contribution in [-0.4, -0.2) is 63.9 Å². The molecule has 1 aliphatic carbocycles. The van der Waals surface area contributed by atoms with Gasteiger partial charge in [0.1, 0.15) is 11.6 Å². The Balaban J connectivity index is 1.21. The first-order valence-electron chi connectivity index (χ1n) is 11.7. The van der Waals surface area contributed by atoms with Gasteiger partial charge in [0.15, 0.2) is 5.65 Å². The van der Waals surface area contributed by atoms with Gasteiger partial charge in [-0.1, -0.05) is 12.1 Å². The maximum atomic E-state index is 13.0. The van der Waals surface area contributed by atoms with Crippen LogP contribution in [-0.2, 0) is 4.79 Å². The Hall–Kier alpha value is -3.93. The highest BCUT2D eigenvalue weighted by molar-refractivity contribution is 6.06. The minimum atomic E-state index is -0.698. The van der Waals surface area contributed by atoms with Crippen molar-refractivity contribution in [2.45, 2.75) is 19.4 Å². The third kappa shape index (κ3) is 3.55. The average Bonchev–Trinajstić information content (AvgIpc) is 3.22. The maximum Gasteiger partial charge on any atom is 0.255 e. The highest BCUT2D eigenvalue weighted by Crippen LogP contribution is 2.46. The fraction of sp³-hybridized carbons (Fsp3) is 0.400. The number of carbonyl (C=O) groups is 2. The zero-order valence-electron chi connectivity index (χ0n) is 18.9. The summed E-state index contributed by atoms with van der Waals surface area (Å²) in [5.41, 5.74) is 4.17. The van der Waals surface area contributed by atoms with E-state index < -0.39 is 6.04 Å². The number of benzene rings is 1. The van der Waals surface area contributed by atoms with Gasteiger partial charge in [-0.2, -0.15) is 5.26 Å². The predicted octanol–water partition coefficient (Wildman–Crippen LogP) is 2.18. The topological polar surface area (TPSA) is 118 Å². The van der Waals surface area contributed by atoms with Gasteiger partial charge < -0.3 is 20.1 Å². The Kier molecular flexibility index (Phi) is 4.76. The number of nitrogens with zero attached hydrogens (tertiary/aromatic N) is 5. The SMILES string of the molecule is C[C@@H](NC(=O)c1c[nH]c2ncc(-c3cccc(N4CC5C[C@H]5C4)c3)nc12)C(=O)N1CC(C#N)C1. The van der Waals surface area contributed by atoms with E-state index in [4.69, 9.17) is 10.2 Å². The molecule has 3 aliphatic rings. The number of piperidine rings is 1. The molecule has 3 fully saturated rings. The van der Waals surface area contributed by atoms with E-state index in [1.54, 1.807) is 24.2 Å². The second-order valence-electron chi connectivity index (χ2n) is 9.63. The molecule has 2 saturated heterocycles. The summed E-state index contributed by atoms with van der Waals surface area (Å²) in [6.45, 7) is 4.71. The monoisotopic (exact) mass is 455 g/mol. The molecule has 0 spiro atoms. The van der Waals surface area contributed by atoms with Gasteiger partial charge in [-0.05, 0) is 37.3 Å². The smallest absolute Gasteiger partial charge is 0.255 e. The van der Waals surface area contributed by atoms with Crippen molar-refractivity contribution in [3.05, 3.63) is 42.2 Å². The zero-order chi connectivity index (χ0) is 23.4. The normalized spacial score (nSPS) is 22.1. The van der Waals surface area contributed by atoms with Gasteiger partial charge in [-0.3, -0.25) is 9.59 Å². The highest BCUT2D eigenvalue weighted by atomic mass is 16.2. The van der Waals surface area contributed by atoms with E-state index in [0.29, 0.717) is 35.5 Å². The van der Waals surface area contributed by atoms with Gasteiger partial charge in [0.05, 0.1) is 29.4 Å². The molecule has 4 heterocycles. The van der Waals surface area contributed by atoms with Crippen LogP contribution in [0.4, 0.5) is 5.69 Å². The van der Waals surface area contributed by atoms with Crippen molar-refractivity contribution in [2.24, 2.45) is 17.8 Å². The van der Waals surface area contributed by atoms with Gasteiger partial charge in [0, 0.05) is 43.6 Å². The molecular formula is C25H25N7O2. The van der Waals surface area contributed by atoms with E-state index in [0.717, 1.165) is 30.5 Å². The molecule has 0 radical (unpaired) electrons. The Morgan fingerprint density at radius 2 is 2.03 bits per heavy atom. The van der Waals surface area contributed by atoms with Crippen LogP contribution in [0.15, 0.2) is 36.7 Å². The van der Waals surface area contributed by atoms with Crippen LogP contribution in [0.5, 0.6) is 0 Å². The van der Waals surface area contributed by atoms with Crippen LogP contribution in [0.3, 0.4) is 0 Å². The van der Waals surface area contributed by atoms with Crippen molar-refractivity contribution in [3.63, 3.8) is 0 Å². The zero-order valence-corrected chi connectivity index (χ0v) is 18.9. The number of amides is 2. The molecule has 1 saturated carbocycles. The van der Waals surface area contributed by atoms with E-state index in [9.17, 15) is 9.59 Å². The standard InChI is InChI=1S/C25H25N7O2/c1-14(25(34)32-10-15(7-26)11-32)29-24(33)20-8-27-23-22(20)30-21(9-28-23)16-3-2-4-19(6-16)31-12-17-5-18(17)13-31/h2-4,6,8-9,14-15,17-18H,5,10-13H2,1H3,(H,27,28)(H,29,33)/t14-,17+,18?/m1/s1. The molecule has 1 aromatic carbocycles. The fourth-order valence-electron chi connectivity index (χ4n) is 5.02. The number of rotatable bonds is 5. The second-order valence-corrected chi connectivity index (χ2v) is 9.63. The van der Waals surface area contributed by atoms with Gasteiger partial charge in [0.25, 0.3) is 5.91 Å². The lowest BCUT2D eigenvalue weighted by Crippen LogP contribution is -2.55. The number of nitrogens with one attached hydrogen (secondary N) is 2. The quantitative estimate of drug-likeness (QED) is 0.609. The molecule has 0 bridgehead atoms. The van der Waals surface area contributed by atoms with E-state index in [1.165, 1.54) is 12.1 Å². The number of hydrogen-bond acceptors (Lipinski definition) is 6. The molecular weight excluding hydrogens is 430 g/mol. The second kappa shape index (κ2) is 7.83. The first kappa shape index (κ1) is 20.7. The summed E-state index contributed by atoms with van der Waals surface area (Å²) in [7, 11) is 0. The lowest BCUT2D eigenvalue weighted by Gasteiger charge is -2.37. The van der Waals surface area contributed by atoms with Crippen molar-refractivity contribution in [2.75, 3.05) is 31.1 Å². The maximum absolute atomic E-state index is 13.0. The summed E-state index contributed by atoms with van der Waals surface area (Å²) in [5, 5.41) is 11.7. The largest absolute Gasteiger partial charge is 0.371 e. The number of fused-ring (bicyclic) bond motifs is 2. The number of hydrogen-bond donors (Lipinski definition) is 2. The first-order valence-corrected chi connectivity index (χ1v) is 11.7. The number of H-pyrrole nitrogens is 1. The van der Waals surface area contributed by atoms with E-state index >= 15 is 0 Å². The molecule has 3 atom stereocenters. The first-order chi connectivity index (χ1) is 16.5. The third-order valence-corrected chi connectivity index (χ3v) is 7.21. The summed E-state index contributed by atoms with van der Waals surface area (Å²) in [4.78, 5) is 41.7. The van der Waals surface area contributed by atoms with Crippen LogP contribution >= 0.6 is 0 Å². The fourth-order valence-corrected chi connectivity index (χ4v) is 5.02. The molecule has 6 rings (SSSR count). The number of nitriles is 1. The van der Waals surface area contributed by atoms with E-state index in [-0.39, 0.29) is 17.7 Å². The molecule has 2 amide bonds. The Morgan fingerprint density at radius 1 is 1.24 bits per heavy atom. The summed E-state index contributed by atoms with van der Waals surface area (Å²) in [6, 6.07) is 9.75. The summed E-state index contributed by atoms with van der Waals surface area (Å²) in [6.07, 6.45) is 4.64. The average molecular weight is 456 g/mol. The van der Waals surface area contributed by atoms with Crippen molar-refractivity contribution < 1.29 is 9.59 Å². The molecule has 9 heteroatoms. The number of aromatic nitrogens is 3. The van der Waals surface area contributed by atoms with Crippen molar-refractivity contribution in [1.29, 1.82) is 5.26 Å². The predicted molar refractivity (Wildman–Crippen MR) is 126 cm³/mol. The lowest BCUT2D eigenvalue weighted by atomic mass is 10.0. The summed E-state index contributed by atoms with van der Waals surface area (Å²) >= 11 is 0. The van der Waals surface area contributed by atoms with Crippen LogP contribution in [0.2, 0.25) is 0 Å². The number of anilines is 1. The Bertz CT molecular complexity index is 1330. The van der Waals surface area contributed by atoms with Gasteiger partial charge >= 0.3 is 0 Å². The van der Waals surface area contributed by atoms with Crippen LogP contribution < -0.4 is 10.2 Å². The van der Waals surface area contributed by atoms with Crippen molar-refractivity contribution in [3.8, 4) is 17.3 Å². The lowest BCUT2D eigenvalue weighted by molar-refractivity contribution is -0.137. The number of likely N-dealkylation sites (tertiary alicyclic amines) is 1. The Labute approximate surface area is 196 Å². The molecule has 34 heavy (non-hydrogen) atoms. The minimum Gasteiger partial charge on any atom is -0.371 e. The van der Waals surface area contributed by atoms with Gasteiger partial charge in [0.2, 0.25) is 5.91 Å². The van der Waals surface area contributed by atoms with Crippen molar-refractivity contribution in [1.82, 2.24) is 25.2 Å². The molecule has 2 aliphatic heterocycles. The third-order valence-electron chi connectivity index (χ3n) is 7.21. The molecule has 9 nitrogen and oxygen atoms in total. The number of carbonyl (C=O) groups excluding carboxylic acids is 2. The molecule has 1 unspecified atom stereocenters. The van der Waals surface area contributed by atoms with Crippen LogP contribution in [0.1, 0.15) is 23.7 Å². The molecule has 3 aromatic rings. The van der Waals surface area contributed by atoms with Gasteiger partial charge in [-0.15, -0.1) is 0 Å². The summed E-state index contributed by atoms with van der Waals surface area (Å²) in [5.74, 6) is 1.00. The molecule has 2 aromatic heterocycles. The van der Waals surface area contributed by atoms with Crippen LogP contribution in [0.25, 0.3) is 22.4 Å². The molecule has 172 valence electrons. The van der Waals surface area contributed by atoms with Gasteiger partial charge in [-0.25, -0.2) is 9.97 Å². The van der Waals surface area contributed by atoms with E-state index in [1.807, 2.05) is 12.1 Å². The Morgan fingerprint density at radius 3 is 2.79 bits per heavy atom. The highest BCUT2D eigenvalue weighted by Gasteiger charge is 2.45. The van der Waals surface area contributed by atoms with E-state index in [2.05, 4.69) is 38.4 Å². The van der Waals surface area contributed by atoms with Crippen molar-refractivity contribution >= 4 is 28.7 Å². The molecule has 2 N–H and O–H groups in total. The number of aromatic amines is 1. The van der Waals surface area contributed by atoms with Crippen LogP contribution in [0, 0.1) is 29.1 Å². The summed E-state index contributed by atoms with van der Waals surface area (Å²) < 4.78 is 0. The minimum absolute atomic E-state index is 0.121.